The lowest BCUT2D eigenvalue weighted by Crippen LogP contribution is -1.90. The number of rotatable bonds is 3. The van der Waals surface area contributed by atoms with Gasteiger partial charge in [-0.3, -0.25) is 0 Å². The highest BCUT2D eigenvalue weighted by Crippen LogP contribution is 2.46. The summed E-state index contributed by atoms with van der Waals surface area (Å²) >= 11 is 0. The maximum atomic E-state index is 6.76. The van der Waals surface area contributed by atoms with Crippen molar-refractivity contribution in [2.75, 3.05) is 0 Å². The third-order valence-electron chi connectivity index (χ3n) is 10.1. The van der Waals surface area contributed by atoms with Crippen LogP contribution in [0.1, 0.15) is 0 Å². The summed E-state index contributed by atoms with van der Waals surface area (Å²) in [5.74, 6) is 0. The van der Waals surface area contributed by atoms with Crippen molar-refractivity contribution in [3.05, 3.63) is 158 Å². The molecule has 0 aliphatic rings. The normalized spacial score (nSPS) is 12.1. The van der Waals surface area contributed by atoms with E-state index in [0.717, 1.165) is 77.1 Å². The highest BCUT2D eigenvalue weighted by Gasteiger charge is 2.20. The van der Waals surface area contributed by atoms with E-state index in [1.807, 2.05) is 24.5 Å². The van der Waals surface area contributed by atoms with E-state index in [9.17, 15) is 0 Å². The van der Waals surface area contributed by atoms with Crippen molar-refractivity contribution in [2.24, 2.45) is 0 Å². The number of hydrogen-bond acceptors (Lipinski definition) is 3. The van der Waals surface area contributed by atoms with Crippen LogP contribution in [0.5, 0.6) is 0 Å². The van der Waals surface area contributed by atoms with Crippen molar-refractivity contribution >= 4 is 76.4 Å². The van der Waals surface area contributed by atoms with Gasteiger partial charge in [-0.05, 0) is 91.8 Å². The fourth-order valence-electron chi connectivity index (χ4n) is 7.97. The Labute approximate surface area is 280 Å². The summed E-state index contributed by atoms with van der Waals surface area (Å²) in [5.41, 5.74) is 11.1. The smallest absolute Gasteiger partial charge is 0.147 e. The molecule has 3 heterocycles. The van der Waals surface area contributed by atoms with E-state index in [1.165, 1.54) is 32.7 Å². The molecule has 0 aliphatic carbocycles. The maximum Gasteiger partial charge on any atom is 0.147 e. The summed E-state index contributed by atoms with van der Waals surface area (Å²) in [4.78, 5) is 0. The highest BCUT2D eigenvalue weighted by atomic mass is 16.3. The van der Waals surface area contributed by atoms with Crippen LogP contribution in [0.4, 0.5) is 0 Å². The van der Waals surface area contributed by atoms with Gasteiger partial charge in [-0.1, -0.05) is 109 Å². The van der Waals surface area contributed by atoms with Gasteiger partial charge in [0.25, 0.3) is 0 Å². The molecule has 0 unspecified atom stereocenters. The summed E-state index contributed by atoms with van der Waals surface area (Å²) in [6, 6.07) is 53.5. The van der Waals surface area contributed by atoms with Gasteiger partial charge in [0.1, 0.15) is 27.9 Å². The molecule has 11 aromatic rings. The fraction of sp³-hybridized carbons (Fsp3) is 0. The third kappa shape index (κ3) is 3.78. The minimum absolute atomic E-state index is 0.819. The maximum absolute atomic E-state index is 6.76. The summed E-state index contributed by atoms with van der Waals surface area (Å²) in [6.45, 7) is 0. The molecular formula is C46H26O3. The molecule has 0 spiro atoms. The van der Waals surface area contributed by atoms with E-state index >= 15 is 0 Å². The van der Waals surface area contributed by atoms with Gasteiger partial charge in [0.05, 0.1) is 11.6 Å². The van der Waals surface area contributed by atoms with Gasteiger partial charge in [-0.25, -0.2) is 0 Å². The van der Waals surface area contributed by atoms with Crippen LogP contribution in [0.25, 0.3) is 110 Å². The molecule has 3 heteroatoms. The van der Waals surface area contributed by atoms with E-state index in [-0.39, 0.29) is 0 Å². The minimum atomic E-state index is 0.819. The number of furan rings is 3. The molecule has 0 amide bonds. The Morgan fingerprint density at radius 3 is 1.49 bits per heavy atom. The zero-order chi connectivity index (χ0) is 32.1. The second-order valence-corrected chi connectivity index (χ2v) is 12.8. The van der Waals surface area contributed by atoms with Crippen LogP contribution in [0, 0.1) is 0 Å². The van der Waals surface area contributed by atoms with Gasteiger partial charge >= 0.3 is 0 Å². The summed E-state index contributed by atoms with van der Waals surface area (Å²) in [5, 5.41) is 10.2. The first kappa shape index (κ1) is 26.5. The minimum Gasteiger partial charge on any atom is -0.464 e. The van der Waals surface area contributed by atoms with E-state index in [0.29, 0.717) is 0 Å². The van der Waals surface area contributed by atoms with Crippen LogP contribution in [0.2, 0.25) is 0 Å². The van der Waals surface area contributed by atoms with Crippen molar-refractivity contribution in [3.63, 3.8) is 0 Å². The first-order valence-corrected chi connectivity index (χ1v) is 16.6. The van der Waals surface area contributed by atoms with Crippen LogP contribution in [0.15, 0.2) is 171 Å². The number of hydrogen-bond donors (Lipinski definition) is 0. The largest absolute Gasteiger partial charge is 0.464 e. The van der Waals surface area contributed by atoms with Crippen LogP contribution in [0.3, 0.4) is 0 Å². The Morgan fingerprint density at radius 2 is 0.837 bits per heavy atom. The van der Waals surface area contributed by atoms with Crippen LogP contribution in [-0.4, -0.2) is 0 Å². The van der Waals surface area contributed by atoms with E-state index in [4.69, 9.17) is 13.3 Å². The lowest BCUT2D eigenvalue weighted by atomic mass is 9.85. The van der Waals surface area contributed by atoms with Gasteiger partial charge in [-0.15, -0.1) is 0 Å². The molecule has 0 saturated heterocycles. The Kier molecular flexibility index (Phi) is 5.38. The molecule has 49 heavy (non-hydrogen) atoms. The average molecular weight is 627 g/mol. The van der Waals surface area contributed by atoms with Crippen LogP contribution < -0.4 is 0 Å². The molecule has 228 valence electrons. The molecule has 0 aliphatic heterocycles. The quantitative estimate of drug-likeness (QED) is 0.183. The van der Waals surface area contributed by atoms with Gasteiger partial charge in [-0.2, -0.15) is 0 Å². The van der Waals surface area contributed by atoms with Crippen molar-refractivity contribution < 1.29 is 13.3 Å². The Bertz CT molecular complexity index is 3040. The molecule has 3 nitrogen and oxygen atoms in total. The third-order valence-corrected chi connectivity index (χ3v) is 10.1. The molecule has 0 fully saturated rings. The molecule has 0 N–H and O–H groups in total. The molecular weight excluding hydrogens is 601 g/mol. The van der Waals surface area contributed by atoms with E-state index < -0.39 is 0 Å². The standard InChI is InChI=1S/C46H26O3/c1-2-10-27(11-3-1)38-26-47-40-23-22-37-32-21-19-29(25-42(32)49-46(37)45(38)40)44-35-15-6-4-13-33(35)43(34-14-5-7-16-36(34)44)28-18-20-31-30-12-8-9-17-39(30)48-41(31)24-28/h1-26H. The molecule has 8 aromatic carbocycles. The van der Waals surface area contributed by atoms with E-state index in [2.05, 4.69) is 133 Å². The molecule has 0 radical (unpaired) electrons. The van der Waals surface area contributed by atoms with Crippen molar-refractivity contribution in [2.45, 2.75) is 0 Å². The van der Waals surface area contributed by atoms with Crippen LogP contribution >= 0.6 is 0 Å². The highest BCUT2D eigenvalue weighted by molar-refractivity contribution is 6.23. The monoisotopic (exact) mass is 626 g/mol. The SMILES string of the molecule is c1ccc(-c2coc3ccc4c5ccc(-c6c7ccccc7c(-c7ccc8c(c7)oc7ccccc78)c7ccccc67)cc5oc4c23)cc1. The van der Waals surface area contributed by atoms with E-state index in [1.54, 1.807) is 0 Å². The molecule has 0 bridgehead atoms. The number of benzene rings is 8. The molecule has 11 rings (SSSR count). The fourth-order valence-corrected chi connectivity index (χ4v) is 7.97. The zero-order valence-electron chi connectivity index (χ0n) is 26.2. The lowest BCUT2D eigenvalue weighted by Gasteiger charge is -2.17. The lowest BCUT2D eigenvalue weighted by molar-refractivity contribution is 0.616. The van der Waals surface area contributed by atoms with Gasteiger partial charge in [0, 0.05) is 27.1 Å². The predicted molar refractivity (Wildman–Crippen MR) is 202 cm³/mol. The Hall–Kier alpha value is -6.58. The Balaban J connectivity index is 1.16. The van der Waals surface area contributed by atoms with Crippen LogP contribution in [-0.2, 0) is 0 Å². The topological polar surface area (TPSA) is 39.4 Å². The predicted octanol–water partition coefficient (Wildman–Crippen LogP) is 13.5. The second-order valence-electron chi connectivity index (χ2n) is 12.8. The summed E-state index contributed by atoms with van der Waals surface area (Å²) in [7, 11) is 0. The average Bonchev–Trinajstić information content (AvgIpc) is 3.86. The van der Waals surface area contributed by atoms with Crippen molar-refractivity contribution in [1.29, 1.82) is 0 Å². The Morgan fingerprint density at radius 1 is 0.327 bits per heavy atom. The molecule has 0 saturated carbocycles. The molecule has 0 atom stereocenters. The second kappa shape index (κ2) is 9.96. The first-order valence-electron chi connectivity index (χ1n) is 16.6. The zero-order valence-corrected chi connectivity index (χ0v) is 26.2. The van der Waals surface area contributed by atoms with Gasteiger partial charge in [0.2, 0.25) is 0 Å². The van der Waals surface area contributed by atoms with Gasteiger partial charge < -0.3 is 13.3 Å². The van der Waals surface area contributed by atoms with Gasteiger partial charge in [0.15, 0.2) is 0 Å². The summed E-state index contributed by atoms with van der Waals surface area (Å²) in [6.07, 6.45) is 1.84. The van der Waals surface area contributed by atoms with Crippen molar-refractivity contribution in [3.8, 4) is 33.4 Å². The first-order chi connectivity index (χ1) is 24.3. The number of para-hydroxylation sites is 1. The van der Waals surface area contributed by atoms with Crippen molar-refractivity contribution in [1.82, 2.24) is 0 Å². The summed E-state index contributed by atoms with van der Waals surface area (Å²) < 4.78 is 19.1. The number of fused-ring (bicyclic) bond motifs is 10. The molecule has 3 aromatic heterocycles.